The second-order valence-corrected chi connectivity index (χ2v) is 2.83. The Morgan fingerprint density at radius 1 is 1.11 bits per heavy atom. The van der Waals surface area contributed by atoms with Crippen molar-refractivity contribution in [1.82, 2.24) is 0 Å². The van der Waals surface area contributed by atoms with Gasteiger partial charge in [-0.1, -0.05) is 0 Å². The van der Waals surface area contributed by atoms with E-state index in [0.29, 0.717) is 6.10 Å². The van der Waals surface area contributed by atoms with Crippen molar-refractivity contribution in [3.8, 4) is 0 Å². The number of aliphatic hydroxyl groups is 3. The molecule has 0 aromatic carbocycles. The van der Waals surface area contributed by atoms with Crippen LogP contribution in [0, 0.1) is 6.92 Å². The van der Waals surface area contributed by atoms with Gasteiger partial charge in [0, 0.05) is 48.1 Å². The third-order valence-electron chi connectivity index (χ3n) is 0.995. The number of ether oxygens (including phenoxy) is 2. The van der Waals surface area contributed by atoms with Crippen molar-refractivity contribution in [3.63, 3.8) is 0 Å². The number of epoxide rings is 1. The van der Waals surface area contributed by atoms with E-state index < -0.39 is 0 Å². The summed E-state index contributed by atoms with van der Waals surface area (Å²) >= 11 is 0. The normalized spacial score (nSPS) is 14.5. The SMILES string of the molecule is CCO.CCO.CCO.[CH2-]CCOCC1CO1.[Ti]. The maximum absolute atomic E-state index is 7.57. The molecule has 5 nitrogen and oxygen atoms in total. The Hall–Kier alpha value is 0.514. The molecule has 0 radical (unpaired) electrons. The summed E-state index contributed by atoms with van der Waals surface area (Å²) in [5, 5.41) is 22.7. The van der Waals surface area contributed by atoms with Crippen molar-refractivity contribution in [3.05, 3.63) is 6.92 Å². The van der Waals surface area contributed by atoms with Crippen molar-refractivity contribution in [2.75, 3.05) is 39.6 Å². The van der Waals surface area contributed by atoms with Gasteiger partial charge in [-0.05, 0) is 20.8 Å². The maximum Gasteiger partial charge on any atom is 0.104 e. The van der Waals surface area contributed by atoms with Crippen molar-refractivity contribution in [1.29, 1.82) is 0 Å². The molecule has 1 fully saturated rings. The van der Waals surface area contributed by atoms with E-state index in [2.05, 4.69) is 6.92 Å². The molecule has 6 heteroatoms. The average molecular weight is 301 g/mol. The summed E-state index contributed by atoms with van der Waals surface area (Å²) in [5.41, 5.74) is 0. The zero-order valence-corrected chi connectivity index (χ0v) is 13.5. The molecule has 112 valence electrons. The molecule has 0 aliphatic carbocycles. The van der Waals surface area contributed by atoms with Crippen LogP contribution in [0.3, 0.4) is 0 Å². The molecule has 1 atom stereocenters. The topological polar surface area (TPSA) is 82.5 Å². The van der Waals surface area contributed by atoms with Crippen LogP contribution in [-0.4, -0.2) is 61.1 Å². The third kappa shape index (κ3) is 54.8. The van der Waals surface area contributed by atoms with Crippen LogP contribution in [-0.2, 0) is 31.2 Å². The fourth-order valence-corrected chi connectivity index (χ4v) is 0.481. The first kappa shape index (κ1) is 27.0. The summed E-state index contributed by atoms with van der Waals surface area (Å²) in [6, 6.07) is 0. The molecule has 1 heterocycles. The van der Waals surface area contributed by atoms with E-state index >= 15 is 0 Å². The zero-order valence-electron chi connectivity index (χ0n) is 11.9. The van der Waals surface area contributed by atoms with Crippen LogP contribution in [0.2, 0.25) is 0 Å². The van der Waals surface area contributed by atoms with Gasteiger partial charge in [-0.3, -0.25) is 0 Å². The Balaban J connectivity index is -0.0000000840. The van der Waals surface area contributed by atoms with Gasteiger partial charge in [-0.25, -0.2) is 0 Å². The fourth-order valence-electron chi connectivity index (χ4n) is 0.481. The van der Waals surface area contributed by atoms with Gasteiger partial charge in [0.1, 0.15) is 6.10 Å². The quantitative estimate of drug-likeness (QED) is 0.307. The number of hydrogen-bond acceptors (Lipinski definition) is 5. The van der Waals surface area contributed by atoms with Crippen molar-refractivity contribution in [2.45, 2.75) is 33.3 Å². The Morgan fingerprint density at radius 2 is 1.44 bits per heavy atom. The van der Waals surface area contributed by atoms with E-state index in [4.69, 9.17) is 24.8 Å². The first-order valence-electron chi connectivity index (χ1n) is 5.99. The zero-order chi connectivity index (χ0) is 13.9. The Bertz CT molecular complexity index is 97.7. The molecule has 18 heavy (non-hydrogen) atoms. The summed E-state index contributed by atoms with van der Waals surface area (Å²) in [7, 11) is 0. The van der Waals surface area contributed by atoms with Gasteiger partial charge >= 0.3 is 0 Å². The monoisotopic (exact) mass is 301 g/mol. The van der Waals surface area contributed by atoms with Gasteiger partial charge in [0.25, 0.3) is 0 Å². The summed E-state index contributed by atoms with van der Waals surface area (Å²) in [6.07, 6.45) is 1.26. The predicted molar refractivity (Wildman–Crippen MR) is 68.8 cm³/mol. The molecule has 1 saturated heterocycles. The maximum atomic E-state index is 7.57. The first-order valence-corrected chi connectivity index (χ1v) is 5.99. The predicted octanol–water partition coefficient (Wildman–Crippen LogP) is 0.619. The molecule has 0 spiro atoms. The molecule has 1 unspecified atom stereocenters. The van der Waals surface area contributed by atoms with Gasteiger partial charge < -0.3 is 31.7 Å². The van der Waals surface area contributed by atoms with Crippen LogP contribution in [0.5, 0.6) is 0 Å². The smallest absolute Gasteiger partial charge is 0.104 e. The second kappa shape index (κ2) is 30.5. The second-order valence-electron chi connectivity index (χ2n) is 2.83. The van der Waals surface area contributed by atoms with Crippen LogP contribution in [0.25, 0.3) is 0 Å². The number of hydrogen-bond donors (Lipinski definition) is 3. The van der Waals surface area contributed by atoms with Crippen molar-refractivity contribution >= 4 is 0 Å². The van der Waals surface area contributed by atoms with Crippen LogP contribution in [0.1, 0.15) is 27.2 Å². The molecule has 0 aromatic heterocycles. The van der Waals surface area contributed by atoms with Crippen molar-refractivity contribution in [2.24, 2.45) is 0 Å². The van der Waals surface area contributed by atoms with E-state index in [1.165, 1.54) is 0 Å². The largest absolute Gasteiger partial charge is 0.397 e. The van der Waals surface area contributed by atoms with E-state index in [9.17, 15) is 0 Å². The molecule has 1 aliphatic rings. The Kier molecular flexibility index (Phi) is 45.7. The Morgan fingerprint density at radius 3 is 1.67 bits per heavy atom. The molecule has 1 rings (SSSR count). The van der Waals surface area contributed by atoms with Gasteiger partial charge in [-0.2, -0.15) is 6.42 Å². The van der Waals surface area contributed by atoms with E-state index in [-0.39, 0.29) is 41.5 Å². The summed E-state index contributed by atoms with van der Waals surface area (Å²) in [4.78, 5) is 0. The van der Waals surface area contributed by atoms with E-state index in [1.807, 2.05) is 0 Å². The average Bonchev–Trinajstić information content (AvgIpc) is 3.06. The van der Waals surface area contributed by atoms with Crippen molar-refractivity contribution < 1.29 is 46.5 Å². The van der Waals surface area contributed by atoms with Crippen LogP contribution in [0.15, 0.2) is 0 Å². The minimum absolute atomic E-state index is 0. The first-order chi connectivity index (χ1) is 8.17. The fraction of sp³-hybridized carbons (Fsp3) is 0.917. The van der Waals surface area contributed by atoms with E-state index in [1.54, 1.807) is 20.8 Å². The van der Waals surface area contributed by atoms with Crippen LogP contribution >= 0.6 is 0 Å². The van der Waals surface area contributed by atoms with Gasteiger partial charge in [0.15, 0.2) is 0 Å². The van der Waals surface area contributed by atoms with Gasteiger partial charge in [0.2, 0.25) is 0 Å². The number of rotatable bonds is 4. The minimum Gasteiger partial charge on any atom is -0.397 e. The molecule has 0 aromatic rings. The summed E-state index contributed by atoms with van der Waals surface area (Å²) < 4.78 is 10.0. The van der Waals surface area contributed by atoms with Crippen LogP contribution in [0.4, 0.5) is 0 Å². The molecule has 0 bridgehead atoms. The van der Waals surface area contributed by atoms with E-state index in [0.717, 1.165) is 26.2 Å². The standard InChI is InChI=1S/C6H11O2.3C2H6O.Ti/c1-2-3-7-4-6-5-8-6;3*1-2-3;/h6H,1-5H2;3*3H,2H2,1H3;/q-1;;;;. The molecule has 3 N–H and O–H groups in total. The summed E-state index contributed by atoms with van der Waals surface area (Å²) in [6.45, 7) is 11.8. The Labute approximate surface area is 126 Å². The van der Waals surface area contributed by atoms with Crippen LogP contribution < -0.4 is 0 Å². The molecule has 1 aliphatic heterocycles. The summed E-state index contributed by atoms with van der Waals surface area (Å²) in [5.74, 6) is 0. The molecular formula is C12H29O5Ti-. The molecule has 0 amide bonds. The van der Waals surface area contributed by atoms with Gasteiger partial charge in [-0.15, -0.1) is 0 Å². The molecule has 0 saturated carbocycles. The third-order valence-corrected chi connectivity index (χ3v) is 0.995. The van der Waals surface area contributed by atoms with Gasteiger partial charge in [0.05, 0.1) is 13.2 Å². The minimum atomic E-state index is 0. The molecular weight excluding hydrogens is 272 g/mol. The number of aliphatic hydroxyl groups excluding tert-OH is 3.